The molecule has 0 spiro atoms. The molecule has 4 rings (SSSR count). The van der Waals surface area contributed by atoms with Gasteiger partial charge in [-0.25, -0.2) is 13.8 Å². The lowest BCUT2D eigenvalue weighted by atomic mass is 10.1. The van der Waals surface area contributed by atoms with Gasteiger partial charge >= 0.3 is 6.18 Å². The van der Waals surface area contributed by atoms with Gasteiger partial charge in [0.1, 0.15) is 29.3 Å². The maximum Gasteiger partial charge on any atom is 0.435 e. The van der Waals surface area contributed by atoms with E-state index in [-0.39, 0.29) is 45.6 Å². The molecule has 1 N–H and O–H groups in total. The zero-order chi connectivity index (χ0) is 27.6. The van der Waals surface area contributed by atoms with Gasteiger partial charge in [0.15, 0.2) is 11.5 Å². The first kappa shape index (κ1) is 26.6. The second-order valence-electron chi connectivity index (χ2n) is 7.84. The Labute approximate surface area is 211 Å². The third kappa shape index (κ3) is 5.03. The summed E-state index contributed by atoms with van der Waals surface area (Å²) in [5.41, 5.74) is -3.36. The van der Waals surface area contributed by atoms with E-state index in [9.17, 15) is 26.7 Å². The first-order valence-electron chi connectivity index (χ1n) is 10.9. The summed E-state index contributed by atoms with van der Waals surface area (Å²) < 4.78 is 83.9. The molecule has 1 aromatic carbocycles. The lowest BCUT2D eigenvalue weighted by molar-refractivity contribution is -0.140. The van der Waals surface area contributed by atoms with Crippen LogP contribution in [0.4, 0.5) is 22.0 Å². The van der Waals surface area contributed by atoms with Crippen LogP contribution in [-0.4, -0.2) is 39.7 Å². The van der Waals surface area contributed by atoms with Crippen LogP contribution in [-0.2, 0) is 22.3 Å². The number of alkyl halides is 5. The monoisotopic (exact) mass is 534 g/mol. The van der Waals surface area contributed by atoms with E-state index >= 15 is 0 Å². The van der Waals surface area contributed by atoms with Gasteiger partial charge in [0, 0.05) is 6.08 Å². The number of oxazole rings is 1. The average Bonchev–Trinajstić information content (AvgIpc) is 3.44. The molecule has 0 aliphatic heterocycles. The Hall–Kier alpha value is -4.44. The first-order valence-corrected chi connectivity index (χ1v) is 10.9. The third-order valence-corrected chi connectivity index (χ3v) is 5.36. The van der Waals surface area contributed by atoms with E-state index in [1.54, 1.807) is 6.07 Å². The summed E-state index contributed by atoms with van der Waals surface area (Å²) >= 11 is 0. The standard InChI is InChI=1S/C25H19F5N4O4/c1-4-8-16(36-3)20-13(2)38-23(32-20)19-15(11-37-12-17(26)27)31-22-18(14-9-6-5-7-10-14)21(25(28,29)30)33-34(22)24(19)35/h1,5-10,17,31H,11-12H2,2-3H3/b16-8+. The van der Waals surface area contributed by atoms with Crippen LogP contribution in [0.25, 0.3) is 34.0 Å². The highest BCUT2D eigenvalue weighted by molar-refractivity contribution is 5.81. The van der Waals surface area contributed by atoms with Crippen LogP contribution in [0.3, 0.4) is 0 Å². The van der Waals surface area contributed by atoms with E-state index < -0.39 is 42.6 Å². The van der Waals surface area contributed by atoms with Crippen LogP contribution < -0.4 is 5.56 Å². The minimum atomic E-state index is -4.93. The Balaban J connectivity index is 2.03. The predicted octanol–water partition coefficient (Wildman–Crippen LogP) is 5.07. The number of allylic oxidation sites excluding steroid dienone is 1. The molecule has 0 saturated carbocycles. The minimum Gasteiger partial charge on any atom is -0.494 e. The summed E-state index contributed by atoms with van der Waals surface area (Å²) in [5.74, 6) is 2.23. The number of methoxy groups -OCH3 is 1. The van der Waals surface area contributed by atoms with Gasteiger partial charge < -0.3 is 18.9 Å². The van der Waals surface area contributed by atoms with E-state index in [0.29, 0.717) is 4.52 Å². The van der Waals surface area contributed by atoms with Crippen LogP contribution in [0.5, 0.6) is 0 Å². The number of terminal acetylenes is 1. The number of rotatable bonds is 8. The maximum atomic E-state index is 14.0. The highest BCUT2D eigenvalue weighted by atomic mass is 19.4. The van der Waals surface area contributed by atoms with E-state index in [0.717, 1.165) is 0 Å². The Bertz CT molecular complexity index is 1590. The van der Waals surface area contributed by atoms with Crippen molar-refractivity contribution >= 4 is 11.4 Å². The van der Waals surface area contributed by atoms with Gasteiger partial charge in [-0.2, -0.15) is 22.8 Å². The second kappa shape index (κ2) is 10.5. The molecule has 0 unspecified atom stereocenters. The number of H-pyrrole nitrogens is 1. The van der Waals surface area contributed by atoms with Gasteiger partial charge in [-0.3, -0.25) is 4.79 Å². The summed E-state index contributed by atoms with van der Waals surface area (Å²) in [7, 11) is 1.33. The number of aromatic nitrogens is 4. The topological polar surface area (TPSA) is 94.6 Å². The number of hydrogen-bond acceptors (Lipinski definition) is 6. The van der Waals surface area contributed by atoms with E-state index in [2.05, 4.69) is 21.0 Å². The van der Waals surface area contributed by atoms with Crippen molar-refractivity contribution in [2.24, 2.45) is 0 Å². The summed E-state index contributed by atoms with van der Waals surface area (Å²) in [5, 5.41) is 3.56. The number of aryl methyl sites for hydroxylation is 1. The van der Waals surface area contributed by atoms with Gasteiger partial charge in [-0.05, 0) is 12.5 Å². The van der Waals surface area contributed by atoms with Gasteiger partial charge in [-0.15, -0.1) is 6.42 Å². The molecule has 0 atom stereocenters. The molecule has 0 fully saturated rings. The number of fused-ring (bicyclic) bond motifs is 1. The molecular formula is C25H19F5N4O4. The smallest absolute Gasteiger partial charge is 0.435 e. The highest BCUT2D eigenvalue weighted by Crippen LogP contribution is 2.38. The maximum absolute atomic E-state index is 14.0. The van der Waals surface area contributed by atoms with Crippen molar-refractivity contribution in [3.05, 3.63) is 69.6 Å². The van der Waals surface area contributed by atoms with Gasteiger partial charge in [-0.1, -0.05) is 36.3 Å². The molecule has 3 aromatic heterocycles. The molecule has 3 heterocycles. The van der Waals surface area contributed by atoms with Crippen molar-refractivity contribution in [2.45, 2.75) is 26.1 Å². The van der Waals surface area contributed by atoms with Crippen LogP contribution in [0, 0.1) is 19.3 Å². The molecule has 8 nitrogen and oxygen atoms in total. The van der Waals surface area contributed by atoms with E-state index in [1.807, 2.05) is 0 Å². The zero-order valence-corrected chi connectivity index (χ0v) is 19.9. The quantitative estimate of drug-likeness (QED) is 0.193. The molecule has 0 saturated heterocycles. The zero-order valence-electron chi connectivity index (χ0n) is 19.9. The van der Waals surface area contributed by atoms with Gasteiger partial charge in [0.25, 0.3) is 12.0 Å². The Morgan fingerprint density at radius 3 is 2.58 bits per heavy atom. The molecule has 0 aliphatic rings. The van der Waals surface area contributed by atoms with Crippen molar-refractivity contribution in [2.75, 3.05) is 13.7 Å². The summed E-state index contributed by atoms with van der Waals surface area (Å²) in [6.45, 7) is -0.0851. The van der Waals surface area contributed by atoms with Gasteiger partial charge in [0.05, 0.1) is 25.0 Å². The molecule has 4 aromatic rings. The van der Waals surface area contributed by atoms with Crippen molar-refractivity contribution in [3.63, 3.8) is 0 Å². The second-order valence-corrected chi connectivity index (χ2v) is 7.84. The number of nitrogens with one attached hydrogen (secondary N) is 1. The number of benzene rings is 1. The Morgan fingerprint density at radius 2 is 1.97 bits per heavy atom. The fourth-order valence-electron chi connectivity index (χ4n) is 3.81. The van der Waals surface area contributed by atoms with Crippen molar-refractivity contribution in [1.82, 2.24) is 19.6 Å². The molecular weight excluding hydrogens is 515 g/mol. The predicted molar refractivity (Wildman–Crippen MR) is 126 cm³/mol. The van der Waals surface area contributed by atoms with Crippen molar-refractivity contribution in [3.8, 4) is 34.9 Å². The van der Waals surface area contributed by atoms with E-state index in [4.69, 9.17) is 20.3 Å². The molecule has 13 heteroatoms. The first-order chi connectivity index (χ1) is 18.1. The lowest BCUT2D eigenvalue weighted by Gasteiger charge is -2.10. The molecule has 0 aliphatic carbocycles. The highest BCUT2D eigenvalue weighted by Gasteiger charge is 2.40. The number of hydrogen-bond donors (Lipinski definition) is 1. The van der Waals surface area contributed by atoms with Crippen molar-refractivity contribution in [1.29, 1.82) is 0 Å². The fourth-order valence-corrected chi connectivity index (χ4v) is 3.81. The molecule has 38 heavy (non-hydrogen) atoms. The third-order valence-electron chi connectivity index (χ3n) is 5.36. The average molecular weight is 534 g/mol. The number of aromatic amines is 1. The minimum absolute atomic E-state index is 0.121. The number of nitrogens with zero attached hydrogens (tertiary/aromatic N) is 3. The summed E-state index contributed by atoms with van der Waals surface area (Å²) in [6.07, 6.45) is -1.20. The normalized spacial score (nSPS) is 12.3. The Kier molecular flexibility index (Phi) is 7.36. The molecule has 0 bridgehead atoms. The molecule has 0 amide bonds. The van der Waals surface area contributed by atoms with Gasteiger partial charge in [0.2, 0.25) is 5.89 Å². The molecule has 198 valence electrons. The SMILES string of the molecule is C#C/C=C(/OC)c1nc(-c2c(COCC(F)F)[nH]c3c(-c4ccccc4)c(C(F)(F)F)nn3c2=O)oc1C. The van der Waals surface area contributed by atoms with Crippen molar-refractivity contribution < 1.29 is 35.8 Å². The lowest BCUT2D eigenvalue weighted by Crippen LogP contribution is -2.21. The van der Waals surface area contributed by atoms with E-state index in [1.165, 1.54) is 44.4 Å². The van der Waals surface area contributed by atoms with Crippen LogP contribution in [0.1, 0.15) is 22.8 Å². The number of halogens is 5. The molecule has 0 radical (unpaired) electrons. The van der Waals surface area contributed by atoms with Crippen LogP contribution in [0.2, 0.25) is 0 Å². The van der Waals surface area contributed by atoms with Crippen LogP contribution >= 0.6 is 0 Å². The fraction of sp³-hybridized carbons (Fsp3) is 0.240. The van der Waals surface area contributed by atoms with Crippen LogP contribution in [0.15, 0.2) is 45.6 Å². The summed E-state index contributed by atoms with van der Waals surface area (Å²) in [6, 6.07) is 7.48. The Morgan fingerprint density at radius 1 is 1.26 bits per heavy atom. The summed E-state index contributed by atoms with van der Waals surface area (Å²) in [4.78, 5) is 20.5. The number of ether oxygens (including phenoxy) is 2. The largest absolute Gasteiger partial charge is 0.494 e.